The van der Waals surface area contributed by atoms with Gasteiger partial charge in [0.2, 0.25) is 0 Å². The fourth-order valence-corrected chi connectivity index (χ4v) is 2.95. The normalized spacial score (nSPS) is 22.7. The molecule has 0 amide bonds. The summed E-state index contributed by atoms with van der Waals surface area (Å²) in [6, 6.07) is 6.46. The lowest BCUT2D eigenvalue weighted by atomic mass is 10.1. The SMILES string of the molecule is CC(O)c1ccc(N2CCCCCC2C)c(Cl)c1. The molecule has 0 aromatic heterocycles. The maximum atomic E-state index is 9.57. The first-order valence-corrected chi connectivity index (χ1v) is 7.21. The van der Waals surface area contributed by atoms with E-state index in [0.717, 1.165) is 22.8 Å². The van der Waals surface area contributed by atoms with Gasteiger partial charge in [0.1, 0.15) is 0 Å². The number of rotatable bonds is 2. The molecule has 18 heavy (non-hydrogen) atoms. The van der Waals surface area contributed by atoms with Crippen LogP contribution in [0.3, 0.4) is 0 Å². The Labute approximate surface area is 115 Å². The molecule has 2 rings (SSSR count). The van der Waals surface area contributed by atoms with Gasteiger partial charge in [-0.1, -0.05) is 30.5 Å². The van der Waals surface area contributed by atoms with Crippen molar-refractivity contribution < 1.29 is 5.11 Å². The molecular formula is C15H22ClNO. The Hall–Kier alpha value is -0.730. The van der Waals surface area contributed by atoms with E-state index in [1.807, 2.05) is 18.2 Å². The molecule has 3 heteroatoms. The lowest BCUT2D eigenvalue weighted by molar-refractivity contribution is 0.199. The number of aliphatic hydroxyl groups is 1. The van der Waals surface area contributed by atoms with Gasteiger partial charge in [0.05, 0.1) is 16.8 Å². The maximum absolute atomic E-state index is 9.57. The van der Waals surface area contributed by atoms with Gasteiger partial charge in [-0.25, -0.2) is 0 Å². The molecular weight excluding hydrogens is 246 g/mol. The van der Waals surface area contributed by atoms with Gasteiger partial charge in [-0.15, -0.1) is 0 Å². The topological polar surface area (TPSA) is 23.5 Å². The maximum Gasteiger partial charge on any atom is 0.0762 e. The van der Waals surface area contributed by atoms with Gasteiger partial charge in [0, 0.05) is 12.6 Å². The molecule has 2 unspecified atom stereocenters. The molecule has 0 spiro atoms. The summed E-state index contributed by atoms with van der Waals surface area (Å²) in [7, 11) is 0. The Morgan fingerprint density at radius 3 is 2.78 bits per heavy atom. The first kappa shape index (κ1) is 13.7. The molecule has 2 atom stereocenters. The highest BCUT2D eigenvalue weighted by Gasteiger charge is 2.19. The molecule has 2 nitrogen and oxygen atoms in total. The van der Waals surface area contributed by atoms with Crippen molar-refractivity contribution in [1.82, 2.24) is 0 Å². The van der Waals surface area contributed by atoms with Gasteiger partial charge in [-0.05, 0) is 44.4 Å². The van der Waals surface area contributed by atoms with Gasteiger partial charge in [-0.3, -0.25) is 0 Å². The van der Waals surface area contributed by atoms with Crippen molar-refractivity contribution in [1.29, 1.82) is 0 Å². The van der Waals surface area contributed by atoms with Crippen LogP contribution in [0, 0.1) is 0 Å². The summed E-state index contributed by atoms with van der Waals surface area (Å²) in [5, 5.41) is 10.3. The van der Waals surface area contributed by atoms with Crippen molar-refractivity contribution >= 4 is 17.3 Å². The molecule has 1 saturated heterocycles. The number of anilines is 1. The lowest BCUT2D eigenvalue weighted by Crippen LogP contribution is -2.32. The van der Waals surface area contributed by atoms with Crippen LogP contribution < -0.4 is 4.90 Å². The third-order valence-corrected chi connectivity index (χ3v) is 4.12. The number of halogens is 1. The van der Waals surface area contributed by atoms with Crippen LogP contribution >= 0.6 is 11.6 Å². The fraction of sp³-hybridized carbons (Fsp3) is 0.600. The van der Waals surface area contributed by atoms with Gasteiger partial charge in [-0.2, -0.15) is 0 Å². The predicted molar refractivity (Wildman–Crippen MR) is 77.4 cm³/mol. The largest absolute Gasteiger partial charge is 0.389 e. The van der Waals surface area contributed by atoms with Crippen molar-refractivity contribution in [2.75, 3.05) is 11.4 Å². The number of hydrogen-bond acceptors (Lipinski definition) is 2. The molecule has 1 aromatic rings. The second-order valence-electron chi connectivity index (χ2n) is 5.28. The molecule has 0 aliphatic carbocycles. The first-order valence-electron chi connectivity index (χ1n) is 6.83. The minimum atomic E-state index is -0.460. The standard InChI is InChI=1S/C15H22ClNO/c1-11-6-4-3-5-9-17(11)15-8-7-13(12(2)18)10-14(15)16/h7-8,10-12,18H,3-6,9H2,1-2H3. The smallest absolute Gasteiger partial charge is 0.0762 e. The van der Waals surface area contributed by atoms with Crippen molar-refractivity contribution in [3.8, 4) is 0 Å². The van der Waals surface area contributed by atoms with Crippen LogP contribution in [-0.4, -0.2) is 17.7 Å². The number of aliphatic hydroxyl groups excluding tert-OH is 1. The van der Waals surface area contributed by atoms with Crippen LogP contribution in [0.15, 0.2) is 18.2 Å². The van der Waals surface area contributed by atoms with Crippen LogP contribution in [0.1, 0.15) is 51.2 Å². The third-order valence-electron chi connectivity index (χ3n) is 3.82. The highest BCUT2D eigenvalue weighted by molar-refractivity contribution is 6.33. The van der Waals surface area contributed by atoms with Crippen molar-refractivity contribution in [3.05, 3.63) is 28.8 Å². The summed E-state index contributed by atoms with van der Waals surface area (Å²) in [5.74, 6) is 0. The highest BCUT2D eigenvalue weighted by Crippen LogP contribution is 2.32. The molecule has 1 N–H and O–H groups in total. The van der Waals surface area contributed by atoms with E-state index in [4.69, 9.17) is 11.6 Å². The lowest BCUT2D eigenvalue weighted by Gasteiger charge is -2.30. The van der Waals surface area contributed by atoms with Crippen LogP contribution in [-0.2, 0) is 0 Å². The van der Waals surface area contributed by atoms with E-state index in [1.165, 1.54) is 25.7 Å². The van der Waals surface area contributed by atoms with Gasteiger partial charge < -0.3 is 10.0 Å². The molecule has 1 fully saturated rings. The average molecular weight is 268 g/mol. The number of hydrogen-bond donors (Lipinski definition) is 1. The summed E-state index contributed by atoms with van der Waals surface area (Å²) < 4.78 is 0. The summed E-state index contributed by atoms with van der Waals surface area (Å²) >= 11 is 6.37. The van der Waals surface area contributed by atoms with Crippen LogP contribution in [0.5, 0.6) is 0 Å². The van der Waals surface area contributed by atoms with E-state index in [-0.39, 0.29) is 0 Å². The second-order valence-corrected chi connectivity index (χ2v) is 5.69. The Morgan fingerprint density at radius 1 is 1.33 bits per heavy atom. The Bertz CT molecular complexity index is 405. The van der Waals surface area contributed by atoms with E-state index < -0.39 is 6.10 Å². The number of nitrogens with zero attached hydrogens (tertiary/aromatic N) is 1. The van der Waals surface area contributed by atoms with E-state index in [9.17, 15) is 5.11 Å². The quantitative estimate of drug-likeness (QED) is 0.870. The third kappa shape index (κ3) is 2.99. The zero-order chi connectivity index (χ0) is 13.1. The van der Waals surface area contributed by atoms with Crippen molar-refractivity contribution in [2.45, 2.75) is 51.7 Å². The summed E-state index contributed by atoms with van der Waals surface area (Å²) in [6.07, 6.45) is 4.62. The van der Waals surface area contributed by atoms with Crippen molar-refractivity contribution in [3.63, 3.8) is 0 Å². The van der Waals surface area contributed by atoms with Crippen LogP contribution in [0.4, 0.5) is 5.69 Å². The fourth-order valence-electron chi connectivity index (χ4n) is 2.65. The highest BCUT2D eigenvalue weighted by atomic mass is 35.5. The van der Waals surface area contributed by atoms with Crippen LogP contribution in [0.25, 0.3) is 0 Å². The summed E-state index contributed by atoms with van der Waals surface area (Å²) in [4.78, 5) is 2.40. The van der Waals surface area contributed by atoms with Gasteiger partial charge in [0.15, 0.2) is 0 Å². The molecule has 1 aliphatic rings. The van der Waals surface area contributed by atoms with E-state index in [2.05, 4.69) is 11.8 Å². The zero-order valence-electron chi connectivity index (χ0n) is 11.2. The summed E-state index contributed by atoms with van der Waals surface area (Å²) in [5.41, 5.74) is 1.99. The Morgan fingerprint density at radius 2 is 2.11 bits per heavy atom. The number of benzene rings is 1. The first-order chi connectivity index (χ1) is 8.59. The average Bonchev–Trinajstić information content (AvgIpc) is 2.54. The van der Waals surface area contributed by atoms with E-state index in [1.54, 1.807) is 6.92 Å². The Kier molecular flexibility index (Phi) is 4.52. The summed E-state index contributed by atoms with van der Waals surface area (Å²) in [6.45, 7) is 5.11. The molecule has 1 aromatic carbocycles. The molecule has 1 aliphatic heterocycles. The van der Waals surface area contributed by atoms with E-state index >= 15 is 0 Å². The molecule has 1 heterocycles. The predicted octanol–water partition coefficient (Wildman–Crippen LogP) is 4.16. The minimum absolute atomic E-state index is 0.460. The molecule has 0 bridgehead atoms. The zero-order valence-corrected chi connectivity index (χ0v) is 12.0. The van der Waals surface area contributed by atoms with Crippen LogP contribution in [0.2, 0.25) is 5.02 Å². The van der Waals surface area contributed by atoms with Gasteiger partial charge in [0.25, 0.3) is 0 Å². The monoisotopic (exact) mass is 267 g/mol. The Balaban J connectivity index is 2.26. The molecule has 0 radical (unpaired) electrons. The second kappa shape index (κ2) is 5.94. The molecule has 100 valence electrons. The van der Waals surface area contributed by atoms with Crippen molar-refractivity contribution in [2.24, 2.45) is 0 Å². The molecule has 0 saturated carbocycles. The van der Waals surface area contributed by atoms with E-state index in [0.29, 0.717) is 6.04 Å². The minimum Gasteiger partial charge on any atom is -0.389 e. The van der Waals surface area contributed by atoms with Gasteiger partial charge >= 0.3 is 0 Å².